The lowest BCUT2D eigenvalue weighted by atomic mass is 10.0. The lowest BCUT2D eigenvalue weighted by molar-refractivity contribution is 0.112. The summed E-state index contributed by atoms with van der Waals surface area (Å²) in [5.41, 5.74) is 7.74. The van der Waals surface area contributed by atoms with Crippen molar-refractivity contribution in [3.63, 3.8) is 0 Å². The van der Waals surface area contributed by atoms with Crippen LogP contribution >= 0.6 is 0 Å². The second kappa shape index (κ2) is 4.67. The molecule has 2 atom stereocenters. The summed E-state index contributed by atoms with van der Waals surface area (Å²) < 4.78 is 2.24. The highest BCUT2D eigenvalue weighted by molar-refractivity contribution is 5.14. The molecule has 102 valence electrons. The fraction of sp³-hybridized carbons (Fsp3) is 0.786. The first-order chi connectivity index (χ1) is 8.32. The van der Waals surface area contributed by atoms with Crippen LogP contribution in [0.3, 0.4) is 0 Å². The fourth-order valence-corrected chi connectivity index (χ4v) is 2.92. The van der Waals surface area contributed by atoms with E-state index in [1.165, 1.54) is 5.69 Å². The number of hydrogen-bond acceptors (Lipinski definition) is 3. The molecular weight excluding hydrogens is 224 g/mol. The zero-order valence-corrected chi connectivity index (χ0v) is 12.2. The van der Waals surface area contributed by atoms with Gasteiger partial charge >= 0.3 is 0 Å². The normalized spacial score (nSPS) is 26.2. The maximum Gasteiger partial charge on any atom is 0.0951 e. The van der Waals surface area contributed by atoms with Crippen LogP contribution in [0.1, 0.15) is 58.8 Å². The monoisotopic (exact) mass is 250 g/mol. The van der Waals surface area contributed by atoms with Gasteiger partial charge in [-0.25, -0.2) is 4.98 Å². The van der Waals surface area contributed by atoms with Gasteiger partial charge in [-0.1, -0.05) is 0 Å². The van der Waals surface area contributed by atoms with Crippen LogP contribution < -0.4 is 5.73 Å². The van der Waals surface area contributed by atoms with Crippen LogP contribution in [0, 0.1) is 0 Å². The lowest BCUT2D eigenvalue weighted by Gasteiger charge is -2.38. The van der Waals surface area contributed by atoms with Crippen LogP contribution in [-0.4, -0.2) is 32.6 Å². The standard InChI is InChI=1S/C14H26N4/c1-10(2)17-9-16-8-12(17)13-11(15)6-7-18(13)14(3,4)5/h8-11,13H,6-7,15H2,1-5H3. The van der Waals surface area contributed by atoms with Crippen LogP contribution in [-0.2, 0) is 0 Å². The predicted octanol–water partition coefficient (Wildman–Crippen LogP) is 2.34. The highest BCUT2D eigenvalue weighted by Crippen LogP contribution is 2.37. The number of nitrogens with zero attached hydrogens (tertiary/aromatic N) is 3. The Hall–Kier alpha value is -0.870. The lowest BCUT2D eigenvalue weighted by Crippen LogP contribution is -2.44. The topological polar surface area (TPSA) is 47.1 Å². The Balaban J connectivity index is 2.37. The second-order valence-corrected chi connectivity index (χ2v) is 6.58. The van der Waals surface area contributed by atoms with Crippen molar-refractivity contribution >= 4 is 0 Å². The molecule has 4 nitrogen and oxygen atoms in total. The van der Waals surface area contributed by atoms with Crippen LogP contribution in [0.4, 0.5) is 0 Å². The molecule has 0 radical (unpaired) electrons. The van der Waals surface area contributed by atoms with E-state index in [1.807, 2.05) is 12.5 Å². The molecule has 0 spiro atoms. The summed E-state index contributed by atoms with van der Waals surface area (Å²) in [6.07, 6.45) is 4.96. The molecule has 1 saturated heterocycles. The number of nitrogens with two attached hydrogens (primary N) is 1. The largest absolute Gasteiger partial charge is 0.331 e. The second-order valence-electron chi connectivity index (χ2n) is 6.58. The third-order valence-electron chi connectivity index (χ3n) is 3.86. The van der Waals surface area contributed by atoms with Crippen molar-refractivity contribution in [1.29, 1.82) is 0 Å². The first-order valence-corrected chi connectivity index (χ1v) is 6.86. The third-order valence-corrected chi connectivity index (χ3v) is 3.86. The molecule has 1 aliphatic heterocycles. The minimum absolute atomic E-state index is 0.144. The number of hydrogen-bond donors (Lipinski definition) is 1. The van der Waals surface area contributed by atoms with Crippen molar-refractivity contribution in [3.05, 3.63) is 18.2 Å². The molecular formula is C14H26N4. The van der Waals surface area contributed by atoms with Gasteiger partial charge in [0, 0.05) is 30.4 Å². The van der Waals surface area contributed by atoms with Crippen molar-refractivity contribution in [3.8, 4) is 0 Å². The zero-order valence-electron chi connectivity index (χ0n) is 12.2. The predicted molar refractivity (Wildman–Crippen MR) is 74.4 cm³/mol. The molecule has 0 aliphatic carbocycles. The number of likely N-dealkylation sites (tertiary alicyclic amines) is 1. The Bertz CT molecular complexity index is 402. The zero-order chi connectivity index (χ0) is 13.5. The van der Waals surface area contributed by atoms with Gasteiger partial charge < -0.3 is 10.3 Å². The summed E-state index contributed by atoms with van der Waals surface area (Å²) in [5.74, 6) is 0. The molecule has 1 aliphatic rings. The molecule has 1 fully saturated rings. The summed E-state index contributed by atoms with van der Waals surface area (Å²) in [6, 6.07) is 0.922. The van der Waals surface area contributed by atoms with Crippen molar-refractivity contribution in [1.82, 2.24) is 14.5 Å². The van der Waals surface area contributed by atoms with E-state index in [2.05, 4.69) is 49.1 Å². The first-order valence-electron chi connectivity index (χ1n) is 6.86. The Morgan fingerprint density at radius 3 is 2.61 bits per heavy atom. The Kier molecular flexibility index (Phi) is 3.52. The van der Waals surface area contributed by atoms with Crippen LogP contribution in [0.25, 0.3) is 0 Å². The number of imidazole rings is 1. The van der Waals surface area contributed by atoms with E-state index in [1.54, 1.807) is 0 Å². The van der Waals surface area contributed by atoms with Gasteiger partial charge in [-0.2, -0.15) is 0 Å². The summed E-state index contributed by atoms with van der Waals surface area (Å²) in [7, 11) is 0. The molecule has 4 heteroatoms. The quantitative estimate of drug-likeness (QED) is 0.876. The molecule has 0 amide bonds. The Morgan fingerprint density at radius 2 is 2.06 bits per heavy atom. The summed E-state index contributed by atoms with van der Waals surface area (Å²) >= 11 is 0. The molecule has 1 aromatic heterocycles. The van der Waals surface area contributed by atoms with Gasteiger partial charge in [0.1, 0.15) is 0 Å². The average Bonchev–Trinajstić information content (AvgIpc) is 2.81. The minimum atomic E-state index is 0.144. The number of rotatable bonds is 2. The molecule has 2 heterocycles. The molecule has 0 bridgehead atoms. The smallest absolute Gasteiger partial charge is 0.0951 e. The van der Waals surface area contributed by atoms with Gasteiger partial charge in [0.25, 0.3) is 0 Å². The van der Waals surface area contributed by atoms with Gasteiger partial charge in [0.05, 0.1) is 18.1 Å². The van der Waals surface area contributed by atoms with E-state index in [0.717, 1.165) is 13.0 Å². The Morgan fingerprint density at radius 1 is 1.39 bits per heavy atom. The molecule has 2 rings (SSSR count). The molecule has 1 aromatic rings. The number of aromatic nitrogens is 2. The van der Waals surface area contributed by atoms with Gasteiger partial charge in [-0.3, -0.25) is 4.90 Å². The molecule has 18 heavy (non-hydrogen) atoms. The summed E-state index contributed by atoms with van der Waals surface area (Å²) in [4.78, 5) is 6.83. The van der Waals surface area contributed by atoms with E-state index in [4.69, 9.17) is 5.73 Å². The molecule has 0 aromatic carbocycles. The van der Waals surface area contributed by atoms with Crippen LogP contribution in [0.15, 0.2) is 12.5 Å². The third kappa shape index (κ3) is 2.31. The maximum absolute atomic E-state index is 6.34. The van der Waals surface area contributed by atoms with E-state index >= 15 is 0 Å². The summed E-state index contributed by atoms with van der Waals surface area (Å²) in [5, 5.41) is 0. The molecule has 2 N–H and O–H groups in total. The SMILES string of the molecule is CC(C)n1cncc1C1C(N)CCN1C(C)(C)C. The van der Waals surface area contributed by atoms with E-state index < -0.39 is 0 Å². The molecule has 0 saturated carbocycles. The van der Waals surface area contributed by atoms with E-state index in [-0.39, 0.29) is 17.6 Å². The first kappa shape index (κ1) is 13.6. The summed E-state index contributed by atoms with van der Waals surface area (Å²) in [6.45, 7) is 12.2. The van der Waals surface area contributed by atoms with E-state index in [9.17, 15) is 0 Å². The van der Waals surface area contributed by atoms with Crippen molar-refractivity contribution in [2.24, 2.45) is 5.73 Å². The van der Waals surface area contributed by atoms with Crippen molar-refractivity contribution in [2.45, 2.75) is 64.7 Å². The Labute approximate surface area is 110 Å². The van der Waals surface area contributed by atoms with Gasteiger partial charge in [0.15, 0.2) is 0 Å². The molecule has 2 unspecified atom stereocenters. The van der Waals surface area contributed by atoms with Gasteiger partial charge in [-0.15, -0.1) is 0 Å². The van der Waals surface area contributed by atoms with Gasteiger partial charge in [-0.05, 0) is 41.0 Å². The van der Waals surface area contributed by atoms with Crippen molar-refractivity contribution in [2.75, 3.05) is 6.54 Å². The van der Waals surface area contributed by atoms with Crippen LogP contribution in [0.5, 0.6) is 0 Å². The van der Waals surface area contributed by atoms with Crippen molar-refractivity contribution < 1.29 is 0 Å². The fourth-order valence-electron chi connectivity index (χ4n) is 2.92. The maximum atomic E-state index is 6.34. The van der Waals surface area contributed by atoms with E-state index in [0.29, 0.717) is 6.04 Å². The van der Waals surface area contributed by atoms with Crippen LogP contribution in [0.2, 0.25) is 0 Å². The van der Waals surface area contributed by atoms with Gasteiger partial charge in [0.2, 0.25) is 0 Å². The minimum Gasteiger partial charge on any atom is -0.331 e. The average molecular weight is 250 g/mol. The highest BCUT2D eigenvalue weighted by Gasteiger charge is 2.40. The highest BCUT2D eigenvalue weighted by atomic mass is 15.3.